The van der Waals surface area contributed by atoms with Gasteiger partial charge in [-0.15, -0.1) is 0 Å². The quantitative estimate of drug-likeness (QED) is 0.855. The summed E-state index contributed by atoms with van der Waals surface area (Å²) >= 11 is 17.9. The molecule has 0 bridgehead atoms. The van der Waals surface area contributed by atoms with Gasteiger partial charge in [0.25, 0.3) is 0 Å². The van der Waals surface area contributed by atoms with E-state index in [1.165, 1.54) is 0 Å². The summed E-state index contributed by atoms with van der Waals surface area (Å²) in [6.45, 7) is 2.78. The van der Waals surface area contributed by atoms with E-state index in [0.29, 0.717) is 16.1 Å². The second-order valence-corrected chi connectivity index (χ2v) is 4.32. The third-order valence-corrected chi connectivity index (χ3v) is 3.53. The van der Waals surface area contributed by atoms with Crippen molar-refractivity contribution >= 4 is 40.8 Å². The highest BCUT2D eigenvalue weighted by atomic mass is 35.5. The van der Waals surface area contributed by atoms with Crippen LogP contribution in [0.15, 0.2) is 0 Å². The van der Waals surface area contributed by atoms with Crippen LogP contribution in [0.5, 0.6) is 5.75 Å². The molecule has 0 heterocycles. The van der Waals surface area contributed by atoms with E-state index in [1.54, 1.807) is 13.8 Å². The number of carboxylic acids is 1. The highest BCUT2D eigenvalue weighted by Gasteiger charge is 2.17. The Kier molecular flexibility index (Phi) is 4.30. The van der Waals surface area contributed by atoms with Gasteiger partial charge in [-0.2, -0.15) is 0 Å². The molecule has 3 nitrogen and oxygen atoms in total. The van der Waals surface area contributed by atoms with Crippen molar-refractivity contribution in [3.8, 4) is 5.75 Å². The summed E-state index contributed by atoms with van der Waals surface area (Å²) < 4.78 is 4.96. The number of ether oxygens (including phenoxy) is 1. The smallest absolute Gasteiger partial charge is 0.157 e. The molecule has 0 radical (unpaired) electrons. The molecule has 16 heavy (non-hydrogen) atoms. The fourth-order valence-electron chi connectivity index (χ4n) is 1.17. The topological polar surface area (TPSA) is 49.4 Å². The number of benzene rings is 1. The van der Waals surface area contributed by atoms with Crippen molar-refractivity contribution < 1.29 is 14.6 Å². The minimum atomic E-state index is -1.35. The number of halogens is 3. The van der Waals surface area contributed by atoms with Gasteiger partial charge in [0.1, 0.15) is 6.61 Å². The van der Waals surface area contributed by atoms with Gasteiger partial charge in [-0.25, -0.2) is 0 Å². The Bertz CT molecular complexity index is 414. The Morgan fingerprint density at radius 3 is 1.94 bits per heavy atom. The van der Waals surface area contributed by atoms with Crippen molar-refractivity contribution in [1.29, 1.82) is 0 Å². The van der Waals surface area contributed by atoms with Gasteiger partial charge < -0.3 is 14.6 Å². The lowest BCUT2D eigenvalue weighted by Gasteiger charge is -2.15. The molecule has 1 rings (SSSR count). The van der Waals surface area contributed by atoms with E-state index >= 15 is 0 Å². The Labute approximate surface area is 108 Å². The Hall–Kier alpha value is -0.640. The third-order valence-electron chi connectivity index (χ3n) is 2.05. The number of carbonyl (C=O) groups is 1. The number of aliphatic carboxylic acids is 1. The number of hydrogen-bond acceptors (Lipinski definition) is 3. The molecule has 0 unspecified atom stereocenters. The third kappa shape index (κ3) is 2.54. The van der Waals surface area contributed by atoms with E-state index in [2.05, 4.69) is 0 Å². The van der Waals surface area contributed by atoms with E-state index in [4.69, 9.17) is 39.5 Å². The molecule has 6 heteroatoms. The molecule has 0 N–H and O–H groups in total. The van der Waals surface area contributed by atoms with Gasteiger partial charge in [0, 0.05) is 5.02 Å². The summed E-state index contributed by atoms with van der Waals surface area (Å²) in [4.78, 5) is 10.3. The van der Waals surface area contributed by atoms with Crippen molar-refractivity contribution in [2.24, 2.45) is 0 Å². The molecule has 1 aromatic carbocycles. The molecule has 0 aliphatic heterocycles. The fourth-order valence-corrected chi connectivity index (χ4v) is 1.99. The summed E-state index contributed by atoms with van der Waals surface area (Å²) in [7, 11) is 0. The SMILES string of the molecule is Cc1c(Cl)c(C)c(Cl)c(OCC(=O)[O-])c1Cl. The van der Waals surface area contributed by atoms with Crippen LogP contribution in [0, 0.1) is 13.8 Å². The minimum Gasteiger partial charge on any atom is -0.546 e. The average Bonchev–Trinajstić information content (AvgIpc) is 2.23. The normalized spacial score (nSPS) is 10.3. The lowest BCUT2D eigenvalue weighted by atomic mass is 10.1. The molecule has 0 aliphatic rings. The summed E-state index contributed by atoms with van der Waals surface area (Å²) in [6.07, 6.45) is 0. The predicted molar refractivity (Wildman–Crippen MR) is 61.4 cm³/mol. The minimum absolute atomic E-state index is 0.118. The number of carboxylic acid groups (broad SMARTS) is 1. The van der Waals surface area contributed by atoms with Crippen molar-refractivity contribution in [3.05, 3.63) is 26.2 Å². The average molecular weight is 283 g/mol. The Morgan fingerprint density at radius 2 is 1.56 bits per heavy atom. The van der Waals surface area contributed by atoms with E-state index in [9.17, 15) is 9.90 Å². The van der Waals surface area contributed by atoms with Crippen molar-refractivity contribution in [2.75, 3.05) is 6.61 Å². The van der Waals surface area contributed by atoms with Crippen molar-refractivity contribution in [3.63, 3.8) is 0 Å². The molecule has 0 fully saturated rings. The summed E-state index contributed by atoms with van der Waals surface area (Å²) in [5, 5.41) is 11.1. The van der Waals surface area contributed by atoms with Crippen LogP contribution in [-0.4, -0.2) is 12.6 Å². The zero-order valence-electron chi connectivity index (χ0n) is 8.57. The van der Waals surface area contributed by atoms with E-state index in [-0.39, 0.29) is 15.8 Å². The molecule has 0 aromatic heterocycles. The van der Waals surface area contributed by atoms with Gasteiger partial charge in [-0.1, -0.05) is 34.8 Å². The maximum atomic E-state index is 10.3. The summed E-state index contributed by atoms with van der Waals surface area (Å²) in [5.41, 5.74) is 1.19. The second-order valence-electron chi connectivity index (χ2n) is 3.18. The maximum Gasteiger partial charge on any atom is 0.157 e. The zero-order valence-corrected chi connectivity index (χ0v) is 10.8. The first kappa shape index (κ1) is 13.4. The van der Waals surface area contributed by atoms with E-state index < -0.39 is 12.6 Å². The number of carbonyl (C=O) groups excluding carboxylic acids is 1. The molecule has 0 atom stereocenters. The molecular formula is C10H8Cl3O3-. The largest absolute Gasteiger partial charge is 0.546 e. The van der Waals surface area contributed by atoms with Crippen LogP contribution < -0.4 is 9.84 Å². The van der Waals surface area contributed by atoms with E-state index in [1.807, 2.05) is 0 Å². The van der Waals surface area contributed by atoms with Gasteiger partial charge in [-0.3, -0.25) is 0 Å². The first-order valence-electron chi connectivity index (χ1n) is 4.32. The number of hydrogen-bond donors (Lipinski definition) is 0. The molecule has 0 aliphatic carbocycles. The monoisotopic (exact) mass is 281 g/mol. The molecule has 1 aromatic rings. The van der Waals surface area contributed by atoms with Gasteiger partial charge in [-0.05, 0) is 25.0 Å². The lowest BCUT2D eigenvalue weighted by Crippen LogP contribution is -2.29. The second kappa shape index (κ2) is 5.13. The van der Waals surface area contributed by atoms with Crippen LogP contribution in [0.1, 0.15) is 11.1 Å². The van der Waals surface area contributed by atoms with Crippen molar-refractivity contribution in [1.82, 2.24) is 0 Å². The zero-order chi connectivity index (χ0) is 12.5. The highest BCUT2D eigenvalue weighted by Crippen LogP contribution is 2.42. The molecule has 0 amide bonds. The molecule has 0 saturated heterocycles. The molecule has 0 spiro atoms. The number of rotatable bonds is 3. The van der Waals surface area contributed by atoms with Crippen LogP contribution in [-0.2, 0) is 4.79 Å². The first-order valence-corrected chi connectivity index (χ1v) is 5.46. The van der Waals surface area contributed by atoms with E-state index in [0.717, 1.165) is 0 Å². The Balaban J connectivity index is 3.23. The van der Waals surface area contributed by atoms with Crippen LogP contribution in [0.25, 0.3) is 0 Å². The van der Waals surface area contributed by atoms with Crippen LogP contribution >= 0.6 is 34.8 Å². The molecular weight excluding hydrogens is 274 g/mol. The van der Waals surface area contributed by atoms with Gasteiger partial charge in [0.15, 0.2) is 5.75 Å². The maximum absolute atomic E-state index is 10.3. The standard InChI is InChI=1S/C10H9Cl3O3/c1-4-7(11)5(2)9(13)10(8(4)12)16-3-6(14)15/h3H2,1-2H3,(H,14,15)/p-1. The van der Waals surface area contributed by atoms with Crippen molar-refractivity contribution in [2.45, 2.75) is 13.8 Å². The van der Waals surface area contributed by atoms with Crippen LogP contribution in [0.4, 0.5) is 0 Å². The van der Waals surface area contributed by atoms with Crippen LogP contribution in [0.2, 0.25) is 15.1 Å². The summed E-state index contributed by atoms with van der Waals surface area (Å²) in [5.74, 6) is -1.23. The molecule has 88 valence electrons. The molecule has 0 saturated carbocycles. The lowest BCUT2D eigenvalue weighted by molar-refractivity contribution is -0.307. The first-order chi connectivity index (χ1) is 7.36. The van der Waals surface area contributed by atoms with Gasteiger partial charge >= 0.3 is 0 Å². The van der Waals surface area contributed by atoms with Gasteiger partial charge in [0.2, 0.25) is 0 Å². The predicted octanol–water partition coefficient (Wildman–Crippen LogP) is 2.39. The highest BCUT2D eigenvalue weighted by molar-refractivity contribution is 6.42. The van der Waals surface area contributed by atoms with Gasteiger partial charge in [0.05, 0.1) is 16.0 Å². The Morgan fingerprint density at radius 1 is 1.12 bits per heavy atom. The van der Waals surface area contributed by atoms with Crippen LogP contribution in [0.3, 0.4) is 0 Å². The fraction of sp³-hybridized carbons (Fsp3) is 0.300. The summed E-state index contributed by atoms with van der Waals surface area (Å²) in [6, 6.07) is 0.